The second-order valence-electron chi connectivity index (χ2n) is 10.6. The van der Waals surface area contributed by atoms with Crippen LogP contribution in [0.1, 0.15) is 73.3 Å². The molecule has 1 rings (SSSR count). The lowest BCUT2D eigenvalue weighted by Crippen LogP contribution is -2.48. The predicted octanol–water partition coefficient (Wildman–Crippen LogP) is 4.00. The molecular formula is C26H45N3O4. The first-order valence-corrected chi connectivity index (χ1v) is 12.1. The van der Waals surface area contributed by atoms with E-state index in [1.54, 1.807) is 0 Å². The standard InChI is InChI=1S/C26H45N3O4/c1-18(2)15-21(29-25(32)33-26(5,6)7)23(30)13-14-27-22(16-19(3)4)24(31)28-17-20-11-9-8-10-12-20/h8-12,18-19,21-23,27,30H,13-17H2,1-7H3,(H,28,31)(H,29,32)/t21-,22-,23-/m0/s1. The Bertz CT molecular complexity index is 701. The van der Waals surface area contributed by atoms with Crippen LogP contribution >= 0.6 is 0 Å². The number of aliphatic hydroxyl groups excluding tert-OH is 1. The highest BCUT2D eigenvalue weighted by Gasteiger charge is 2.26. The van der Waals surface area contributed by atoms with Gasteiger partial charge < -0.3 is 25.8 Å². The molecule has 2 amide bonds. The Labute approximate surface area is 200 Å². The Morgan fingerprint density at radius 1 is 1.00 bits per heavy atom. The number of hydrogen-bond donors (Lipinski definition) is 4. The summed E-state index contributed by atoms with van der Waals surface area (Å²) in [5.41, 5.74) is 0.449. The third kappa shape index (κ3) is 13.2. The summed E-state index contributed by atoms with van der Waals surface area (Å²) in [6.45, 7) is 14.6. The average molecular weight is 464 g/mol. The van der Waals surface area contributed by atoms with Crippen LogP contribution in [0.15, 0.2) is 30.3 Å². The van der Waals surface area contributed by atoms with Crippen molar-refractivity contribution in [1.82, 2.24) is 16.0 Å². The quantitative estimate of drug-likeness (QED) is 0.354. The van der Waals surface area contributed by atoms with Crippen molar-refractivity contribution in [2.45, 2.75) is 98.1 Å². The van der Waals surface area contributed by atoms with E-state index in [2.05, 4.69) is 29.8 Å². The number of carbonyl (C=O) groups is 2. The molecule has 7 heteroatoms. The van der Waals surface area contributed by atoms with E-state index in [-0.39, 0.29) is 11.9 Å². The summed E-state index contributed by atoms with van der Waals surface area (Å²) in [6, 6.07) is 9.05. The molecule has 0 radical (unpaired) electrons. The lowest BCUT2D eigenvalue weighted by molar-refractivity contribution is -0.123. The van der Waals surface area contributed by atoms with E-state index in [0.717, 1.165) is 5.56 Å². The first-order chi connectivity index (χ1) is 15.4. The monoisotopic (exact) mass is 463 g/mol. The molecule has 0 unspecified atom stereocenters. The lowest BCUT2D eigenvalue weighted by Gasteiger charge is -2.28. The topological polar surface area (TPSA) is 99.7 Å². The van der Waals surface area contributed by atoms with Gasteiger partial charge in [0.15, 0.2) is 0 Å². The SMILES string of the molecule is CC(C)C[C@H](NCC[C@H](O)[C@H](CC(C)C)NC(=O)OC(C)(C)C)C(=O)NCc1ccccc1. The third-order valence-electron chi connectivity index (χ3n) is 5.06. The highest BCUT2D eigenvalue weighted by molar-refractivity contribution is 5.81. The molecule has 3 atom stereocenters. The number of alkyl carbamates (subject to hydrolysis) is 1. The van der Waals surface area contributed by atoms with Crippen LogP contribution in [0.2, 0.25) is 0 Å². The summed E-state index contributed by atoms with van der Waals surface area (Å²) < 4.78 is 5.35. The van der Waals surface area contributed by atoms with Crippen LogP contribution in [0.4, 0.5) is 4.79 Å². The van der Waals surface area contributed by atoms with Crippen molar-refractivity contribution < 1.29 is 19.4 Å². The van der Waals surface area contributed by atoms with Gasteiger partial charge >= 0.3 is 6.09 Å². The van der Waals surface area contributed by atoms with Gasteiger partial charge in [0, 0.05) is 6.54 Å². The van der Waals surface area contributed by atoms with Crippen LogP contribution in [-0.2, 0) is 16.1 Å². The minimum atomic E-state index is -0.750. The van der Waals surface area contributed by atoms with Gasteiger partial charge in [0.2, 0.25) is 5.91 Å². The number of aliphatic hydroxyl groups is 1. The molecule has 188 valence electrons. The summed E-state index contributed by atoms with van der Waals surface area (Å²) in [7, 11) is 0. The average Bonchev–Trinajstić information content (AvgIpc) is 2.69. The van der Waals surface area contributed by atoms with E-state index < -0.39 is 23.8 Å². The summed E-state index contributed by atoms with van der Waals surface area (Å²) in [4.78, 5) is 25.0. The van der Waals surface area contributed by atoms with Crippen LogP contribution in [0.3, 0.4) is 0 Å². The Balaban J connectivity index is 2.63. The maximum Gasteiger partial charge on any atom is 0.407 e. The van der Waals surface area contributed by atoms with Gasteiger partial charge in [0.1, 0.15) is 5.60 Å². The molecule has 0 heterocycles. The van der Waals surface area contributed by atoms with Crippen molar-refractivity contribution in [2.24, 2.45) is 11.8 Å². The largest absolute Gasteiger partial charge is 0.444 e. The number of carbonyl (C=O) groups excluding carboxylic acids is 2. The molecule has 0 saturated carbocycles. The number of amides is 2. The number of ether oxygens (including phenoxy) is 1. The van der Waals surface area contributed by atoms with Crippen molar-refractivity contribution in [3.05, 3.63) is 35.9 Å². The molecular weight excluding hydrogens is 418 g/mol. The van der Waals surface area contributed by atoms with Crippen LogP contribution in [0.25, 0.3) is 0 Å². The maximum atomic E-state index is 12.8. The van der Waals surface area contributed by atoms with Gasteiger partial charge in [-0.1, -0.05) is 58.0 Å². The molecule has 0 aliphatic rings. The molecule has 7 nitrogen and oxygen atoms in total. The zero-order valence-corrected chi connectivity index (χ0v) is 21.5. The molecule has 0 aliphatic carbocycles. The third-order valence-corrected chi connectivity index (χ3v) is 5.06. The molecule has 0 saturated heterocycles. The van der Waals surface area contributed by atoms with E-state index in [0.29, 0.717) is 44.2 Å². The number of hydrogen-bond acceptors (Lipinski definition) is 5. The molecule has 1 aromatic carbocycles. The molecule has 0 spiro atoms. The van der Waals surface area contributed by atoms with Crippen molar-refractivity contribution in [3.8, 4) is 0 Å². The normalized spacial score (nSPS) is 14.6. The summed E-state index contributed by atoms with van der Waals surface area (Å²) in [6.07, 6.45) is 0.460. The van der Waals surface area contributed by atoms with Crippen molar-refractivity contribution in [1.29, 1.82) is 0 Å². The van der Waals surface area contributed by atoms with Crippen LogP contribution < -0.4 is 16.0 Å². The summed E-state index contributed by atoms with van der Waals surface area (Å²) in [5, 5.41) is 19.9. The molecule has 4 N–H and O–H groups in total. The lowest BCUT2D eigenvalue weighted by atomic mass is 9.97. The van der Waals surface area contributed by atoms with Gasteiger partial charge in [-0.2, -0.15) is 0 Å². The van der Waals surface area contributed by atoms with E-state index >= 15 is 0 Å². The van der Waals surface area contributed by atoms with E-state index in [9.17, 15) is 14.7 Å². The molecule has 1 aromatic rings. The van der Waals surface area contributed by atoms with Gasteiger partial charge in [-0.15, -0.1) is 0 Å². The molecule has 0 aromatic heterocycles. The fraction of sp³-hybridized carbons (Fsp3) is 0.692. The molecule has 0 bridgehead atoms. The smallest absolute Gasteiger partial charge is 0.407 e. The Morgan fingerprint density at radius 3 is 2.15 bits per heavy atom. The minimum Gasteiger partial charge on any atom is -0.444 e. The second kappa shape index (κ2) is 14.2. The Kier molecular flexibility index (Phi) is 12.4. The Hall–Kier alpha value is -2.12. The van der Waals surface area contributed by atoms with Crippen LogP contribution in [0.5, 0.6) is 0 Å². The summed E-state index contributed by atoms with van der Waals surface area (Å²) >= 11 is 0. The first-order valence-electron chi connectivity index (χ1n) is 12.1. The zero-order valence-electron chi connectivity index (χ0n) is 21.5. The highest BCUT2D eigenvalue weighted by Crippen LogP contribution is 2.14. The van der Waals surface area contributed by atoms with Gasteiger partial charge in [-0.05, 0) is 64.0 Å². The fourth-order valence-corrected chi connectivity index (χ4v) is 3.55. The zero-order chi connectivity index (χ0) is 25.0. The van der Waals surface area contributed by atoms with Gasteiger partial charge in [-0.3, -0.25) is 4.79 Å². The number of benzene rings is 1. The van der Waals surface area contributed by atoms with E-state index in [1.165, 1.54) is 0 Å². The fourth-order valence-electron chi connectivity index (χ4n) is 3.55. The number of rotatable bonds is 13. The van der Waals surface area contributed by atoms with E-state index in [4.69, 9.17) is 4.74 Å². The maximum absolute atomic E-state index is 12.8. The highest BCUT2D eigenvalue weighted by atomic mass is 16.6. The first kappa shape index (κ1) is 28.9. The van der Waals surface area contributed by atoms with Gasteiger partial charge in [-0.25, -0.2) is 4.79 Å². The predicted molar refractivity (Wildman–Crippen MR) is 133 cm³/mol. The molecule has 33 heavy (non-hydrogen) atoms. The van der Waals surface area contributed by atoms with Crippen molar-refractivity contribution in [3.63, 3.8) is 0 Å². The van der Waals surface area contributed by atoms with Crippen molar-refractivity contribution in [2.75, 3.05) is 6.54 Å². The minimum absolute atomic E-state index is 0.0485. The summed E-state index contributed by atoms with van der Waals surface area (Å²) in [5.74, 6) is 0.593. The van der Waals surface area contributed by atoms with Gasteiger partial charge in [0.05, 0.1) is 18.2 Å². The Morgan fingerprint density at radius 2 is 1.61 bits per heavy atom. The number of nitrogens with one attached hydrogen (secondary N) is 3. The molecule has 0 fully saturated rings. The van der Waals surface area contributed by atoms with Gasteiger partial charge in [0.25, 0.3) is 0 Å². The molecule has 0 aliphatic heterocycles. The van der Waals surface area contributed by atoms with Crippen LogP contribution in [-0.4, -0.2) is 47.4 Å². The van der Waals surface area contributed by atoms with E-state index in [1.807, 2.05) is 65.0 Å². The second-order valence-corrected chi connectivity index (χ2v) is 10.6. The van der Waals surface area contributed by atoms with Crippen LogP contribution in [0, 0.1) is 11.8 Å². The van der Waals surface area contributed by atoms with Crippen molar-refractivity contribution >= 4 is 12.0 Å².